The third-order valence-corrected chi connectivity index (χ3v) is 2.83. The van der Waals surface area contributed by atoms with E-state index in [0.29, 0.717) is 5.82 Å². The molecule has 2 rings (SSSR count). The Balaban J connectivity index is 2.23. The molecule has 2 aromatic rings. The maximum Gasteiger partial charge on any atom is 0.224 e. The molecule has 1 aromatic heterocycles. The van der Waals surface area contributed by atoms with Crippen molar-refractivity contribution in [2.75, 3.05) is 5.32 Å². The van der Waals surface area contributed by atoms with Crippen LogP contribution in [0.3, 0.4) is 0 Å². The normalized spacial score (nSPS) is 10.2. The molecule has 0 aliphatic heterocycles. The Bertz CT molecular complexity index is 479. The third kappa shape index (κ3) is 3.05. The van der Waals surface area contributed by atoms with Crippen LogP contribution in [0.5, 0.6) is 0 Å². The SMILES string of the molecule is Cc1cc(Nc2ccc(I)cc2)nc(Cl)n1. The Kier molecular flexibility index (Phi) is 3.60. The first-order valence-corrected chi connectivity index (χ1v) is 6.13. The first kappa shape index (κ1) is 11.6. The summed E-state index contributed by atoms with van der Waals surface area (Å²) in [6.07, 6.45) is 0. The highest BCUT2D eigenvalue weighted by molar-refractivity contribution is 14.1. The molecule has 5 heteroatoms. The largest absolute Gasteiger partial charge is 0.340 e. The van der Waals surface area contributed by atoms with Gasteiger partial charge in [-0.3, -0.25) is 0 Å². The molecule has 3 nitrogen and oxygen atoms in total. The van der Waals surface area contributed by atoms with E-state index in [-0.39, 0.29) is 5.28 Å². The van der Waals surface area contributed by atoms with Crippen molar-refractivity contribution in [2.45, 2.75) is 6.92 Å². The third-order valence-electron chi connectivity index (χ3n) is 1.94. The summed E-state index contributed by atoms with van der Waals surface area (Å²) in [5.74, 6) is 0.707. The van der Waals surface area contributed by atoms with Crippen LogP contribution in [0.2, 0.25) is 5.28 Å². The lowest BCUT2D eigenvalue weighted by Gasteiger charge is -2.06. The van der Waals surface area contributed by atoms with Crippen LogP contribution in [0.1, 0.15) is 5.69 Å². The molecule has 0 bridgehead atoms. The molecule has 1 aromatic carbocycles. The van der Waals surface area contributed by atoms with Crippen molar-refractivity contribution in [2.24, 2.45) is 0 Å². The molecule has 0 saturated heterocycles. The van der Waals surface area contributed by atoms with Gasteiger partial charge >= 0.3 is 0 Å². The second-order valence-corrected chi connectivity index (χ2v) is 4.88. The number of aryl methyl sites for hydroxylation is 1. The topological polar surface area (TPSA) is 37.8 Å². The molecule has 0 atom stereocenters. The Labute approximate surface area is 112 Å². The van der Waals surface area contributed by atoms with Gasteiger partial charge in [-0.2, -0.15) is 0 Å². The summed E-state index contributed by atoms with van der Waals surface area (Å²) >= 11 is 8.04. The van der Waals surface area contributed by atoms with Gasteiger partial charge < -0.3 is 5.32 Å². The summed E-state index contributed by atoms with van der Waals surface area (Å²) in [7, 11) is 0. The van der Waals surface area contributed by atoms with E-state index in [2.05, 4.69) is 37.9 Å². The number of hydrogen-bond acceptors (Lipinski definition) is 3. The number of halogens is 2. The van der Waals surface area contributed by atoms with Crippen molar-refractivity contribution in [3.8, 4) is 0 Å². The van der Waals surface area contributed by atoms with Gasteiger partial charge in [0, 0.05) is 21.0 Å². The van der Waals surface area contributed by atoms with E-state index in [1.54, 1.807) is 0 Å². The van der Waals surface area contributed by atoms with E-state index in [1.165, 1.54) is 3.57 Å². The van der Waals surface area contributed by atoms with Gasteiger partial charge in [0.25, 0.3) is 0 Å². The molecule has 1 heterocycles. The van der Waals surface area contributed by atoms with Crippen molar-refractivity contribution in [3.63, 3.8) is 0 Å². The minimum atomic E-state index is 0.257. The minimum absolute atomic E-state index is 0.257. The van der Waals surface area contributed by atoms with Crippen molar-refractivity contribution in [1.82, 2.24) is 9.97 Å². The highest BCUT2D eigenvalue weighted by Gasteiger charge is 2.00. The fourth-order valence-electron chi connectivity index (χ4n) is 1.28. The zero-order valence-electron chi connectivity index (χ0n) is 8.54. The fraction of sp³-hybridized carbons (Fsp3) is 0.0909. The van der Waals surface area contributed by atoms with Crippen molar-refractivity contribution in [1.29, 1.82) is 0 Å². The van der Waals surface area contributed by atoms with Crippen LogP contribution < -0.4 is 5.32 Å². The molecule has 0 saturated carbocycles. The van der Waals surface area contributed by atoms with Gasteiger partial charge in [0.2, 0.25) is 5.28 Å². The Morgan fingerprint density at radius 1 is 1.19 bits per heavy atom. The Morgan fingerprint density at radius 3 is 2.50 bits per heavy atom. The lowest BCUT2D eigenvalue weighted by molar-refractivity contribution is 1.10. The number of aromatic nitrogens is 2. The van der Waals surface area contributed by atoms with Gasteiger partial charge in [-0.05, 0) is 65.4 Å². The molecule has 16 heavy (non-hydrogen) atoms. The van der Waals surface area contributed by atoms with Gasteiger partial charge in [-0.1, -0.05) is 0 Å². The molecule has 1 N–H and O–H groups in total. The van der Waals surface area contributed by atoms with Crippen molar-refractivity contribution < 1.29 is 0 Å². The van der Waals surface area contributed by atoms with E-state index >= 15 is 0 Å². The van der Waals surface area contributed by atoms with E-state index in [1.807, 2.05) is 37.3 Å². The molecule has 0 fully saturated rings. The van der Waals surface area contributed by atoms with Gasteiger partial charge in [-0.25, -0.2) is 9.97 Å². The lowest BCUT2D eigenvalue weighted by Crippen LogP contribution is -1.96. The van der Waals surface area contributed by atoms with Gasteiger partial charge in [0.15, 0.2) is 0 Å². The summed E-state index contributed by atoms with van der Waals surface area (Å²) in [5.41, 5.74) is 1.82. The smallest absolute Gasteiger partial charge is 0.224 e. The number of nitrogens with one attached hydrogen (secondary N) is 1. The predicted molar refractivity (Wildman–Crippen MR) is 74.2 cm³/mol. The van der Waals surface area contributed by atoms with E-state index in [0.717, 1.165) is 11.4 Å². The molecule has 0 amide bonds. The van der Waals surface area contributed by atoms with Gasteiger partial charge in [0.1, 0.15) is 5.82 Å². The molecule has 0 radical (unpaired) electrons. The summed E-state index contributed by atoms with van der Waals surface area (Å²) in [6, 6.07) is 9.89. The highest BCUT2D eigenvalue weighted by atomic mass is 127. The average Bonchev–Trinajstić information content (AvgIpc) is 2.20. The molecule has 0 aliphatic rings. The minimum Gasteiger partial charge on any atom is -0.340 e. The van der Waals surface area contributed by atoms with Crippen molar-refractivity contribution in [3.05, 3.63) is 44.9 Å². The fourth-order valence-corrected chi connectivity index (χ4v) is 1.86. The van der Waals surface area contributed by atoms with Crippen LogP contribution in [0, 0.1) is 10.5 Å². The van der Waals surface area contributed by atoms with Crippen LogP contribution in [-0.2, 0) is 0 Å². The van der Waals surface area contributed by atoms with Gasteiger partial charge in [-0.15, -0.1) is 0 Å². The molecule has 0 aliphatic carbocycles. The molecule has 0 spiro atoms. The number of anilines is 2. The monoisotopic (exact) mass is 345 g/mol. The van der Waals surface area contributed by atoms with E-state index in [9.17, 15) is 0 Å². The zero-order chi connectivity index (χ0) is 11.5. The molecule has 82 valence electrons. The molecule has 0 unspecified atom stereocenters. The van der Waals surface area contributed by atoms with Crippen molar-refractivity contribution >= 4 is 45.7 Å². The summed E-state index contributed by atoms with van der Waals surface area (Å²) < 4.78 is 1.19. The number of rotatable bonds is 2. The van der Waals surface area contributed by atoms with Crippen LogP contribution in [0.4, 0.5) is 11.5 Å². The van der Waals surface area contributed by atoms with Gasteiger partial charge in [0.05, 0.1) is 0 Å². The number of hydrogen-bond donors (Lipinski definition) is 1. The standard InChI is InChI=1S/C11H9ClIN3/c1-7-6-10(16-11(12)14-7)15-9-4-2-8(13)3-5-9/h2-6H,1H3,(H,14,15,16). The number of benzene rings is 1. The van der Waals surface area contributed by atoms with Crippen LogP contribution in [-0.4, -0.2) is 9.97 Å². The van der Waals surface area contributed by atoms with Crippen LogP contribution >= 0.6 is 34.2 Å². The molecular formula is C11H9ClIN3. The second kappa shape index (κ2) is 4.97. The van der Waals surface area contributed by atoms with E-state index < -0.39 is 0 Å². The Hall–Kier alpha value is -0.880. The lowest BCUT2D eigenvalue weighted by atomic mass is 10.3. The van der Waals surface area contributed by atoms with Crippen LogP contribution in [0.15, 0.2) is 30.3 Å². The maximum atomic E-state index is 5.78. The quantitative estimate of drug-likeness (QED) is 0.665. The van der Waals surface area contributed by atoms with Crippen LogP contribution in [0.25, 0.3) is 0 Å². The zero-order valence-corrected chi connectivity index (χ0v) is 11.5. The predicted octanol–water partition coefficient (Wildman–Crippen LogP) is 3.79. The number of nitrogens with zero attached hydrogens (tertiary/aromatic N) is 2. The Morgan fingerprint density at radius 2 is 1.88 bits per heavy atom. The summed E-state index contributed by atoms with van der Waals surface area (Å²) in [5, 5.41) is 3.43. The first-order chi connectivity index (χ1) is 7.63. The average molecular weight is 346 g/mol. The first-order valence-electron chi connectivity index (χ1n) is 4.67. The molecular weight excluding hydrogens is 336 g/mol. The second-order valence-electron chi connectivity index (χ2n) is 3.30. The highest BCUT2D eigenvalue weighted by Crippen LogP contribution is 2.17. The maximum absolute atomic E-state index is 5.78. The van der Waals surface area contributed by atoms with E-state index in [4.69, 9.17) is 11.6 Å². The summed E-state index contributed by atoms with van der Waals surface area (Å²) in [4.78, 5) is 8.10. The summed E-state index contributed by atoms with van der Waals surface area (Å²) in [6.45, 7) is 1.88.